The van der Waals surface area contributed by atoms with Gasteiger partial charge in [-0.25, -0.2) is 0 Å². The zero-order valence-corrected chi connectivity index (χ0v) is 12.1. The molecule has 4 nitrogen and oxygen atoms in total. The fraction of sp³-hybridized carbons (Fsp3) is 0.875. The molecular formula is C16H24N2O2. The average Bonchev–Trinajstić information content (AvgIpc) is 3.09. The SMILES string of the molecule is O=C1CC2(CCN3CCCC32)C(C2CCCC2)C(=O)N1. The Balaban J connectivity index is 1.72. The van der Waals surface area contributed by atoms with Gasteiger partial charge in [-0.15, -0.1) is 0 Å². The fourth-order valence-corrected chi connectivity index (χ4v) is 5.74. The van der Waals surface area contributed by atoms with Crippen molar-refractivity contribution in [3.8, 4) is 0 Å². The van der Waals surface area contributed by atoms with Gasteiger partial charge in [0, 0.05) is 23.8 Å². The fourth-order valence-electron chi connectivity index (χ4n) is 5.74. The van der Waals surface area contributed by atoms with Gasteiger partial charge in [-0.05, 0) is 51.1 Å². The molecule has 0 aromatic heterocycles. The second-order valence-corrected chi connectivity index (χ2v) is 7.29. The molecule has 1 N–H and O–H groups in total. The van der Waals surface area contributed by atoms with Crippen LogP contribution >= 0.6 is 0 Å². The number of hydrogen-bond acceptors (Lipinski definition) is 3. The number of carbonyl (C=O) groups excluding carboxylic acids is 2. The van der Waals surface area contributed by atoms with Gasteiger partial charge in [0.2, 0.25) is 11.8 Å². The van der Waals surface area contributed by atoms with Crippen LogP contribution in [-0.4, -0.2) is 35.8 Å². The quantitative estimate of drug-likeness (QED) is 0.742. The van der Waals surface area contributed by atoms with E-state index in [-0.39, 0.29) is 23.1 Å². The average molecular weight is 276 g/mol. The molecule has 4 rings (SSSR count). The van der Waals surface area contributed by atoms with Crippen LogP contribution in [0, 0.1) is 17.3 Å². The summed E-state index contributed by atoms with van der Waals surface area (Å²) < 4.78 is 0. The molecule has 0 radical (unpaired) electrons. The Morgan fingerprint density at radius 1 is 1.05 bits per heavy atom. The molecule has 2 amide bonds. The van der Waals surface area contributed by atoms with E-state index in [1.807, 2.05) is 0 Å². The molecule has 0 bridgehead atoms. The van der Waals surface area contributed by atoms with Gasteiger partial charge in [0.15, 0.2) is 0 Å². The summed E-state index contributed by atoms with van der Waals surface area (Å²) in [6, 6.07) is 0.489. The molecule has 20 heavy (non-hydrogen) atoms. The number of imide groups is 1. The van der Waals surface area contributed by atoms with E-state index in [9.17, 15) is 9.59 Å². The summed E-state index contributed by atoms with van der Waals surface area (Å²) >= 11 is 0. The van der Waals surface area contributed by atoms with E-state index in [4.69, 9.17) is 0 Å². The lowest BCUT2D eigenvalue weighted by atomic mass is 9.60. The summed E-state index contributed by atoms with van der Waals surface area (Å²) in [4.78, 5) is 27.2. The van der Waals surface area contributed by atoms with E-state index in [2.05, 4.69) is 10.2 Å². The Morgan fingerprint density at radius 2 is 1.85 bits per heavy atom. The van der Waals surface area contributed by atoms with Crippen molar-refractivity contribution in [2.45, 2.75) is 57.4 Å². The molecule has 1 saturated carbocycles. The molecule has 3 unspecified atom stereocenters. The first kappa shape index (κ1) is 12.8. The smallest absolute Gasteiger partial charge is 0.230 e. The van der Waals surface area contributed by atoms with E-state index in [1.165, 1.54) is 45.1 Å². The lowest BCUT2D eigenvalue weighted by molar-refractivity contribution is -0.147. The van der Waals surface area contributed by atoms with Gasteiger partial charge < -0.3 is 0 Å². The highest BCUT2D eigenvalue weighted by Crippen LogP contribution is 2.55. The molecule has 0 aromatic carbocycles. The van der Waals surface area contributed by atoms with Gasteiger partial charge in [0.05, 0.1) is 0 Å². The monoisotopic (exact) mass is 276 g/mol. The molecule has 3 saturated heterocycles. The van der Waals surface area contributed by atoms with E-state index < -0.39 is 0 Å². The van der Waals surface area contributed by atoms with Crippen LogP contribution in [0.2, 0.25) is 0 Å². The molecule has 4 fully saturated rings. The van der Waals surface area contributed by atoms with Gasteiger partial charge in [0.25, 0.3) is 0 Å². The van der Waals surface area contributed by atoms with Crippen molar-refractivity contribution in [1.29, 1.82) is 0 Å². The van der Waals surface area contributed by atoms with Crippen molar-refractivity contribution < 1.29 is 9.59 Å². The number of fused-ring (bicyclic) bond motifs is 2. The third kappa shape index (κ3) is 1.70. The minimum absolute atomic E-state index is 0.0296. The Bertz CT molecular complexity index is 444. The number of nitrogens with zero attached hydrogens (tertiary/aromatic N) is 1. The van der Waals surface area contributed by atoms with Crippen LogP contribution in [0.5, 0.6) is 0 Å². The van der Waals surface area contributed by atoms with Crippen LogP contribution in [0.25, 0.3) is 0 Å². The van der Waals surface area contributed by atoms with Crippen LogP contribution in [0.15, 0.2) is 0 Å². The van der Waals surface area contributed by atoms with Crippen molar-refractivity contribution in [3.05, 3.63) is 0 Å². The summed E-state index contributed by atoms with van der Waals surface area (Å²) in [5.41, 5.74) is -0.0368. The summed E-state index contributed by atoms with van der Waals surface area (Å²) in [6.07, 6.45) is 8.93. The maximum atomic E-state index is 12.6. The van der Waals surface area contributed by atoms with E-state index in [0.29, 0.717) is 18.4 Å². The minimum atomic E-state index is -0.0368. The first-order valence-electron chi connectivity index (χ1n) is 8.28. The largest absolute Gasteiger partial charge is 0.300 e. The topological polar surface area (TPSA) is 49.4 Å². The Hall–Kier alpha value is -0.900. The van der Waals surface area contributed by atoms with Crippen molar-refractivity contribution in [3.63, 3.8) is 0 Å². The van der Waals surface area contributed by atoms with Crippen molar-refractivity contribution in [2.75, 3.05) is 13.1 Å². The third-order valence-electron chi connectivity index (χ3n) is 6.42. The number of amides is 2. The predicted molar refractivity (Wildman–Crippen MR) is 74.9 cm³/mol. The van der Waals surface area contributed by atoms with E-state index in [1.54, 1.807) is 0 Å². The van der Waals surface area contributed by atoms with Crippen LogP contribution in [0.3, 0.4) is 0 Å². The van der Waals surface area contributed by atoms with Crippen LogP contribution in [-0.2, 0) is 9.59 Å². The van der Waals surface area contributed by atoms with Crippen molar-refractivity contribution in [2.24, 2.45) is 17.3 Å². The highest BCUT2D eigenvalue weighted by molar-refractivity contribution is 6.00. The number of rotatable bonds is 1. The van der Waals surface area contributed by atoms with Crippen LogP contribution in [0.4, 0.5) is 0 Å². The molecule has 4 aliphatic rings. The minimum Gasteiger partial charge on any atom is -0.300 e. The zero-order chi connectivity index (χ0) is 13.7. The summed E-state index contributed by atoms with van der Waals surface area (Å²) in [5, 5.41) is 2.64. The van der Waals surface area contributed by atoms with Gasteiger partial charge in [0.1, 0.15) is 0 Å². The molecule has 3 aliphatic heterocycles. The Labute approximate surface area is 120 Å². The predicted octanol–water partition coefficient (Wildman–Crippen LogP) is 1.69. The first-order chi connectivity index (χ1) is 9.71. The maximum Gasteiger partial charge on any atom is 0.230 e. The van der Waals surface area contributed by atoms with Gasteiger partial charge in [-0.3, -0.25) is 19.8 Å². The van der Waals surface area contributed by atoms with Gasteiger partial charge in [-0.2, -0.15) is 0 Å². The first-order valence-corrected chi connectivity index (χ1v) is 8.28. The molecule has 3 heterocycles. The lowest BCUT2D eigenvalue weighted by Crippen LogP contribution is -2.57. The summed E-state index contributed by atoms with van der Waals surface area (Å²) in [5.74, 6) is 0.624. The third-order valence-corrected chi connectivity index (χ3v) is 6.42. The number of nitrogens with one attached hydrogen (secondary N) is 1. The normalized spacial score (nSPS) is 42.4. The zero-order valence-electron chi connectivity index (χ0n) is 12.1. The number of carbonyl (C=O) groups is 2. The second kappa shape index (κ2) is 4.55. The maximum absolute atomic E-state index is 12.6. The Morgan fingerprint density at radius 3 is 2.65 bits per heavy atom. The molecule has 4 heteroatoms. The standard InChI is InChI=1S/C16H24N2O2/c19-13-10-16(7-9-18-8-3-6-12(16)18)14(15(20)17-13)11-4-1-2-5-11/h11-12,14H,1-10H2,(H,17,19,20). The highest BCUT2D eigenvalue weighted by Gasteiger charge is 2.60. The number of hydrogen-bond donors (Lipinski definition) is 1. The second-order valence-electron chi connectivity index (χ2n) is 7.29. The van der Waals surface area contributed by atoms with Crippen molar-refractivity contribution >= 4 is 11.8 Å². The molecular weight excluding hydrogens is 252 g/mol. The van der Waals surface area contributed by atoms with Gasteiger partial charge in [-0.1, -0.05) is 12.8 Å². The summed E-state index contributed by atoms with van der Waals surface area (Å²) in [7, 11) is 0. The van der Waals surface area contributed by atoms with Crippen molar-refractivity contribution in [1.82, 2.24) is 10.2 Å². The highest BCUT2D eigenvalue weighted by atomic mass is 16.2. The summed E-state index contributed by atoms with van der Waals surface area (Å²) in [6.45, 7) is 2.26. The van der Waals surface area contributed by atoms with E-state index >= 15 is 0 Å². The number of piperidine rings is 1. The van der Waals surface area contributed by atoms with Crippen LogP contribution in [0.1, 0.15) is 51.4 Å². The Kier molecular flexibility index (Phi) is 2.92. The molecule has 110 valence electrons. The lowest BCUT2D eigenvalue weighted by Gasteiger charge is -2.46. The molecule has 3 atom stereocenters. The molecule has 1 spiro atoms. The molecule has 1 aliphatic carbocycles. The van der Waals surface area contributed by atoms with E-state index in [0.717, 1.165) is 13.0 Å². The van der Waals surface area contributed by atoms with Crippen LogP contribution < -0.4 is 5.32 Å². The molecule has 0 aromatic rings. The van der Waals surface area contributed by atoms with Gasteiger partial charge >= 0.3 is 0 Å².